The highest BCUT2D eigenvalue weighted by Crippen LogP contribution is 2.24. The van der Waals surface area contributed by atoms with Gasteiger partial charge in [-0.2, -0.15) is 0 Å². The van der Waals surface area contributed by atoms with Crippen molar-refractivity contribution in [2.75, 3.05) is 18.0 Å². The minimum Gasteiger partial charge on any atom is -0.357 e. The molecule has 1 aliphatic rings. The van der Waals surface area contributed by atoms with Gasteiger partial charge in [-0.15, -0.1) is 11.3 Å². The highest BCUT2D eigenvalue weighted by atomic mass is 32.1. The molecule has 1 saturated heterocycles. The van der Waals surface area contributed by atoms with Gasteiger partial charge in [-0.05, 0) is 49.2 Å². The summed E-state index contributed by atoms with van der Waals surface area (Å²) in [4.78, 5) is 11.4. The molecule has 6 heteroatoms. The number of halogens is 1. The van der Waals surface area contributed by atoms with E-state index in [0.717, 1.165) is 54.6 Å². The van der Waals surface area contributed by atoms with Crippen molar-refractivity contribution in [3.63, 3.8) is 0 Å². The second kappa shape index (κ2) is 7.93. The van der Waals surface area contributed by atoms with E-state index < -0.39 is 0 Å². The fourth-order valence-electron chi connectivity index (χ4n) is 3.22. The van der Waals surface area contributed by atoms with Crippen molar-refractivity contribution >= 4 is 17.2 Å². The van der Waals surface area contributed by atoms with E-state index in [9.17, 15) is 4.39 Å². The Balaban J connectivity index is 1.28. The van der Waals surface area contributed by atoms with Gasteiger partial charge in [0, 0.05) is 42.8 Å². The molecule has 0 unspecified atom stereocenters. The van der Waals surface area contributed by atoms with Gasteiger partial charge in [-0.1, -0.05) is 6.07 Å². The molecule has 134 valence electrons. The lowest BCUT2D eigenvalue weighted by molar-refractivity contribution is 0.411. The highest BCUT2D eigenvalue weighted by molar-refractivity contribution is 7.13. The van der Waals surface area contributed by atoms with Gasteiger partial charge in [0.25, 0.3) is 0 Å². The maximum atomic E-state index is 13.0. The Morgan fingerprint density at radius 2 is 1.92 bits per heavy atom. The van der Waals surface area contributed by atoms with Crippen LogP contribution in [0.25, 0.3) is 10.6 Å². The van der Waals surface area contributed by atoms with E-state index >= 15 is 0 Å². The van der Waals surface area contributed by atoms with Crippen molar-refractivity contribution < 1.29 is 4.39 Å². The predicted molar refractivity (Wildman–Crippen MR) is 104 cm³/mol. The fraction of sp³-hybridized carbons (Fsp3) is 0.300. The Kier molecular flexibility index (Phi) is 5.22. The molecule has 4 rings (SSSR count). The Hall–Kier alpha value is -2.31. The van der Waals surface area contributed by atoms with Crippen molar-refractivity contribution in [2.24, 2.45) is 0 Å². The summed E-state index contributed by atoms with van der Waals surface area (Å²) in [6, 6.07) is 13.1. The molecule has 0 saturated carbocycles. The quantitative estimate of drug-likeness (QED) is 0.736. The largest absolute Gasteiger partial charge is 0.357 e. The lowest BCUT2D eigenvalue weighted by Gasteiger charge is -2.33. The first-order valence-electron chi connectivity index (χ1n) is 8.87. The Labute approximate surface area is 156 Å². The first kappa shape index (κ1) is 17.1. The van der Waals surface area contributed by atoms with Crippen molar-refractivity contribution in [3.8, 4) is 10.6 Å². The molecule has 0 aliphatic carbocycles. The summed E-state index contributed by atoms with van der Waals surface area (Å²) in [5.74, 6) is 0.846. The first-order valence-corrected chi connectivity index (χ1v) is 9.75. The maximum absolute atomic E-state index is 13.0. The van der Waals surface area contributed by atoms with Gasteiger partial charge >= 0.3 is 0 Å². The molecule has 0 bridgehead atoms. The minimum absolute atomic E-state index is 0.218. The molecule has 3 aromatic rings. The van der Waals surface area contributed by atoms with Crippen LogP contribution in [0.4, 0.5) is 10.2 Å². The second-order valence-corrected chi connectivity index (χ2v) is 7.34. The Morgan fingerprint density at radius 3 is 2.65 bits per heavy atom. The monoisotopic (exact) mass is 368 g/mol. The van der Waals surface area contributed by atoms with Crippen molar-refractivity contribution in [3.05, 3.63) is 65.6 Å². The third-order valence-electron chi connectivity index (χ3n) is 4.68. The summed E-state index contributed by atoms with van der Waals surface area (Å²) >= 11 is 1.60. The number of nitrogens with zero attached hydrogens (tertiary/aromatic N) is 3. The number of pyridine rings is 1. The number of anilines is 1. The molecule has 1 aliphatic heterocycles. The predicted octanol–water partition coefficient (Wildman–Crippen LogP) is 4.10. The minimum atomic E-state index is -0.218. The zero-order chi connectivity index (χ0) is 17.8. The van der Waals surface area contributed by atoms with Gasteiger partial charge < -0.3 is 10.2 Å². The summed E-state index contributed by atoms with van der Waals surface area (Å²) in [7, 11) is 0. The van der Waals surface area contributed by atoms with E-state index in [0.29, 0.717) is 6.04 Å². The van der Waals surface area contributed by atoms with Crippen LogP contribution in [0.5, 0.6) is 0 Å². The molecule has 1 fully saturated rings. The fourth-order valence-corrected chi connectivity index (χ4v) is 4.04. The molecule has 4 nitrogen and oxygen atoms in total. The van der Waals surface area contributed by atoms with Gasteiger partial charge in [0.05, 0.1) is 5.69 Å². The number of piperidine rings is 1. The Bertz CT molecular complexity index is 827. The van der Waals surface area contributed by atoms with Crippen LogP contribution in [0.2, 0.25) is 0 Å². The summed E-state index contributed by atoms with van der Waals surface area (Å²) in [5, 5.41) is 6.64. The normalized spacial score (nSPS) is 15.3. The summed E-state index contributed by atoms with van der Waals surface area (Å²) < 4.78 is 13.0. The van der Waals surface area contributed by atoms with Crippen LogP contribution in [0, 0.1) is 5.82 Å². The topological polar surface area (TPSA) is 41.1 Å². The van der Waals surface area contributed by atoms with Gasteiger partial charge in [0.2, 0.25) is 0 Å². The molecular weight excluding hydrogens is 347 g/mol. The SMILES string of the molecule is Fc1ccc(-c2nc(CNC3CCN(c4ccccn4)CC3)cs2)cc1. The van der Waals surface area contributed by atoms with Crippen molar-refractivity contribution in [2.45, 2.75) is 25.4 Å². The number of rotatable bonds is 5. The van der Waals surface area contributed by atoms with E-state index in [4.69, 9.17) is 0 Å². The molecule has 2 aromatic heterocycles. The zero-order valence-corrected chi connectivity index (χ0v) is 15.3. The zero-order valence-electron chi connectivity index (χ0n) is 14.4. The molecule has 1 N–H and O–H groups in total. The smallest absolute Gasteiger partial charge is 0.128 e. The lowest BCUT2D eigenvalue weighted by atomic mass is 10.0. The average Bonchev–Trinajstić information content (AvgIpc) is 3.17. The molecule has 0 amide bonds. The number of thiazole rings is 1. The maximum Gasteiger partial charge on any atom is 0.128 e. The van der Waals surface area contributed by atoms with Gasteiger partial charge in [0.1, 0.15) is 16.6 Å². The van der Waals surface area contributed by atoms with Crippen molar-refractivity contribution in [1.29, 1.82) is 0 Å². The molecule has 0 spiro atoms. The van der Waals surface area contributed by atoms with Crippen molar-refractivity contribution in [1.82, 2.24) is 15.3 Å². The Morgan fingerprint density at radius 1 is 1.12 bits per heavy atom. The summed E-state index contributed by atoms with van der Waals surface area (Å²) in [6.07, 6.45) is 4.05. The molecule has 3 heterocycles. The number of hydrogen-bond acceptors (Lipinski definition) is 5. The van der Waals surface area contributed by atoms with Crippen LogP contribution in [0.3, 0.4) is 0 Å². The van der Waals surface area contributed by atoms with Crippen LogP contribution in [-0.2, 0) is 6.54 Å². The van der Waals surface area contributed by atoms with Crippen LogP contribution < -0.4 is 10.2 Å². The molecule has 0 atom stereocenters. The van der Waals surface area contributed by atoms with Crippen LogP contribution in [-0.4, -0.2) is 29.1 Å². The summed E-state index contributed by atoms with van der Waals surface area (Å²) in [5.41, 5.74) is 2.01. The van der Waals surface area contributed by atoms with E-state index in [-0.39, 0.29) is 5.82 Å². The second-order valence-electron chi connectivity index (χ2n) is 6.48. The van der Waals surface area contributed by atoms with Gasteiger partial charge in [-0.25, -0.2) is 14.4 Å². The molecule has 1 aromatic carbocycles. The van der Waals surface area contributed by atoms with Crippen LogP contribution in [0.15, 0.2) is 54.0 Å². The first-order chi connectivity index (χ1) is 12.8. The third kappa shape index (κ3) is 4.08. The van der Waals surface area contributed by atoms with Crippen LogP contribution in [0.1, 0.15) is 18.5 Å². The number of aromatic nitrogens is 2. The highest BCUT2D eigenvalue weighted by Gasteiger charge is 2.19. The van der Waals surface area contributed by atoms with E-state index in [1.807, 2.05) is 18.3 Å². The lowest BCUT2D eigenvalue weighted by Crippen LogP contribution is -2.42. The molecule has 26 heavy (non-hydrogen) atoms. The van der Waals surface area contributed by atoms with Gasteiger partial charge in [0.15, 0.2) is 0 Å². The third-order valence-corrected chi connectivity index (χ3v) is 5.62. The van der Waals surface area contributed by atoms with E-state index in [1.165, 1.54) is 12.1 Å². The number of benzene rings is 1. The molecule has 0 radical (unpaired) electrons. The standard InChI is InChI=1S/C20H21FN4S/c21-16-6-4-15(5-7-16)20-24-18(14-26-20)13-23-17-8-11-25(12-9-17)19-3-1-2-10-22-19/h1-7,10,14,17,23H,8-9,11-13H2. The number of hydrogen-bond donors (Lipinski definition) is 1. The van der Waals surface area contributed by atoms with E-state index in [2.05, 4.69) is 31.6 Å². The van der Waals surface area contributed by atoms with Gasteiger partial charge in [-0.3, -0.25) is 0 Å². The van der Waals surface area contributed by atoms with E-state index in [1.54, 1.807) is 23.5 Å². The molecular formula is C20H21FN4S. The number of nitrogens with one attached hydrogen (secondary N) is 1. The summed E-state index contributed by atoms with van der Waals surface area (Å²) in [6.45, 7) is 2.81. The average molecular weight is 368 g/mol. The van der Waals surface area contributed by atoms with Crippen LogP contribution >= 0.6 is 11.3 Å².